The summed E-state index contributed by atoms with van der Waals surface area (Å²) in [7, 11) is 0. The van der Waals surface area contributed by atoms with Gasteiger partial charge in [-0.15, -0.1) is 0 Å². The fourth-order valence-corrected chi connectivity index (χ4v) is 4.15. The summed E-state index contributed by atoms with van der Waals surface area (Å²) < 4.78 is 0. The van der Waals surface area contributed by atoms with E-state index in [4.69, 9.17) is 0 Å². The average Bonchev–Trinajstić information content (AvgIpc) is 2.53. The highest BCUT2D eigenvalue weighted by Gasteiger charge is 2.35. The maximum atomic E-state index is 3.60. The molecule has 2 fully saturated rings. The van der Waals surface area contributed by atoms with Crippen molar-refractivity contribution in [2.45, 2.75) is 57.5 Å². The molecule has 1 saturated heterocycles. The van der Waals surface area contributed by atoms with Gasteiger partial charge in [-0.1, -0.05) is 31.0 Å². The molecule has 0 bridgehead atoms. The van der Waals surface area contributed by atoms with Gasteiger partial charge in [-0.05, 0) is 57.2 Å². The molecule has 0 amide bonds. The zero-order valence-corrected chi connectivity index (χ0v) is 12.7. The van der Waals surface area contributed by atoms with E-state index in [1.165, 1.54) is 50.8 Å². The zero-order chi connectivity index (χ0) is 13.8. The first-order valence-electron chi connectivity index (χ1n) is 8.39. The monoisotopic (exact) mass is 272 g/mol. The molecule has 1 aromatic carbocycles. The Hall–Kier alpha value is -1.02. The number of piperidine rings is 1. The molecule has 2 aliphatic rings. The second kappa shape index (κ2) is 6.62. The molecule has 0 spiro atoms. The van der Waals surface area contributed by atoms with E-state index >= 15 is 0 Å². The van der Waals surface area contributed by atoms with Gasteiger partial charge in [0.2, 0.25) is 0 Å². The Balaban J connectivity index is 1.56. The van der Waals surface area contributed by atoms with Gasteiger partial charge in [0, 0.05) is 24.3 Å². The van der Waals surface area contributed by atoms with Gasteiger partial charge >= 0.3 is 0 Å². The zero-order valence-electron chi connectivity index (χ0n) is 12.7. The molecule has 20 heavy (non-hydrogen) atoms. The quantitative estimate of drug-likeness (QED) is 0.886. The molecule has 3 rings (SSSR count). The van der Waals surface area contributed by atoms with Gasteiger partial charge < -0.3 is 5.32 Å². The summed E-state index contributed by atoms with van der Waals surface area (Å²) in [5, 5.41) is 3.60. The molecule has 110 valence electrons. The minimum absolute atomic E-state index is 0.640. The summed E-state index contributed by atoms with van der Waals surface area (Å²) in [4.78, 5) is 2.79. The first-order valence-corrected chi connectivity index (χ1v) is 8.39. The van der Waals surface area contributed by atoms with E-state index in [2.05, 4.69) is 47.5 Å². The molecule has 1 saturated carbocycles. The lowest BCUT2D eigenvalue weighted by Gasteiger charge is -2.47. The van der Waals surface area contributed by atoms with Gasteiger partial charge in [0.15, 0.2) is 0 Å². The van der Waals surface area contributed by atoms with Gasteiger partial charge in [0.25, 0.3) is 0 Å². The van der Waals surface area contributed by atoms with Crippen molar-refractivity contribution in [1.82, 2.24) is 4.90 Å². The summed E-state index contributed by atoms with van der Waals surface area (Å²) >= 11 is 0. The Morgan fingerprint density at radius 2 is 1.85 bits per heavy atom. The van der Waals surface area contributed by atoms with Gasteiger partial charge in [0.05, 0.1) is 0 Å². The number of nitrogens with zero attached hydrogens (tertiary/aromatic N) is 1. The van der Waals surface area contributed by atoms with Crippen LogP contribution in [0.1, 0.15) is 45.4 Å². The molecule has 3 atom stereocenters. The third-order valence-electron chi connectivity index (χ3n) is 5.23. The molecule has 0 radical (unpaired) electrons. The summed E-state index contributed by atoms with van der Waals surface area (Å²) in [6.07, 6.45) is 8.68. The number of benzene rings is 1. The highest BCUT2D eigenvalue weighted by atomic mass is 15.2. The van der Waals surface area contributed by atoms with Crippen LogP contribution in [0.3, 0.4) is 0 Å². The second-order valence-corrected chi connectivity index (χ2v) is 6.59. The highest BCUT2D eigenvalue weighted by Crippen LogP contribution is 2.36. The number of hydrogen-bond donors (Lipinski definition) is 1. The molecule has 0 aromatic heterocycles. The molecule has 2 nitrogen and oxygen atoms in total. The lowest BCUT2D eigenvalue weighted by atomic mass is 9.78. The van der Waals surface area contributed by atoms with Gasteiger partial charge in [-0.25, -0.2) is 0 Å². The van der Waals surface area contributed by atoms with E-state index in [0.29, 0.717) is 6.04 Å². The second-order valence-electron chi connectivity index (χ2n) is 6.59. The van der Waals surface area contributed by atoms with Crippen LogP contribution in [-0.4, -0.2) is 30.1 Å². The number of nitrogens with one attached hydrogen (secondary N) is 1. The van der Waals surface area contributed by atoms with Crippen LogP contribution in [0.15, 0.2) is 30.3 Å². The molecule has 2 heteroatoms. The van der Waals surface area contributed by atoms with E-state index in [1.54, 1.807) is 0 Å². The van der Waals surface area contributed by atoms with Crippen molar-refractivity contribution in [3.63, 3.8) is 0 Å². The van der Waals surface area contributed by atoms with Gasteiger partial charge in [-0.3, -0.25) is 4.90 Å². The van der Waals surface area contributed by atoms with E-state index in [1.807, 2.05) is 0 Å². The Morgan fingerprint density at radius 3 is 2.70 bits per heavy atom. The Labute approximate surface area is 123 Å². The van der Waals surface area contributed by atoms with Gasteiger partial charge in [-0.2, -0.15) is 0 Å². The van der Waals surface area contributed by atoms with Crippen LogP contribution >= 0.6 is 0 Å². The minimum atomic E-state index is 0.640. The van der Waals surface area contributed by atoms with Crippen LogP contribution in [0, 0.1) is 5.92 Å². The Morgan fingerprint density at radius 1 is 1.10 bits per heavy atom. The van der Waals surface area contributed by atoms with Crippen LogP contribution in [0.2, 0.25) is 0 Å². The van der Waals surface area contributed by atoms with E-state index < -0.39 is 0 Å². The number of anilines is 1. The molecule has 1 aliphatic heterocycles. The van der Waals surface area contributed by atoms with E-state index in [0.717, 1.165) is 18.5 Å². The maximum Gasteiger partial charge on any atom is 0.0340 e. The lowest BCUT2D eigenvalue weighted by Crippen LogP contribution is -2.52. The SMILES string of the molecule is CC(CNc1ccccc1)N1CCCC2CCCCC21. The first kappa shape index (κ1) is 13.9. The minimum Gasteiger partial charge on any atom is -0.383 e. The highest BCUT2D eigenvalue weighted by molar-refractivity contribution is 5.42. The van der Waals surface area contributed by atoms with E-state index in [9.17, 15) is 0 Å². The number of para-hydroxylation sites is 1. The predicted octanol–water partition coefficient (Wildman–Crippen LogP) is 4.14. The third kappa shape index (κ3) is 3.17. The van der Waals surface area contributed by atoms with Crippen molar-refractivity contribution in [2.24, 2.45) is 5.92 Å². The standard InChI is InChI=1S/C18H28N2/c1-15(14-19-17-10-3-2-4-11-17)20-13-7-9-16-8-5-6-12-18(16)20/h2-4,10-11,15-16,18-19H,5-9,12-14H2,1H3. The fraction of sp³-hybridized carbons (Fsp3) is 0.667. The summed E-state index contributed by atoms with van der Waals surface area (Å²) in [5.74, 6) is 0.983. The largest absolute Gasteiger partial charge is 0.383 e. The molecule has 1 aliphatic carbocycles. The maximum absolute atomic E-state index is 3.60. The Bertz CT molecular complexity index is 401. The average molecular weight is 272 g/mol. The number of rotatable bonds is 4. The van der Waals surface area contributed by atoms with Crippen molar-refractivity contribution in [1.29, 1.82) is 0 Å². The summed E-state index contributed by atoms with van der Waals surface area (Å²) in [6, 6.07) is 12.1. The fourth-order valence-electron chi connectivity index (χ4n) is 4.15. The molecule has 3 unspecified atom stereocenters. The summed E-state index contributed by atoms with van der Waals surface area (Å²) in [6.45, 7) is 4.76. The van der Waals surface area contributed by atoms with Crippen LogP contribution in [0.4, 0.5) is 5.69 Å². The van der Waals surface area contributed by atoms with E-state index in [-0.39, 0.29) is 0 Å². The van der Waals surface area contributed by atoms with Crippen LogP contribution in [0.25, 0.3) is 0 Å². The number of likely N-dealkylation sites (tertiary alicyclic amines) is 1. The van der Waals surface area contributed by atoms with Crippen molar-refractivity contribution >= 4 is 5.69 Å². The molecule has 1 heterocycles. The number of hydrogen-bond acceptors (Lipinski definition) is 2. The third-order valence-corrected chi connectivity index (χ3v) is 5.23. The Kier molecular flexibility index (Phi) is 4.62. The van der Waals surface area contributed by atoms with Crippen LogP contribution in [0.5, 0.6) is 0 Å². The summed E-state index contributed by atoms with van der Waals surface area (Å²) in [5.41, 5.74) is 1.25. The predicted molar refractivity (Wildman–Crippen MR) is 86.1 cm³/mol. The topological polar surface area (TPSA) is 15.3 Å². The molecular weight excluding hydrogens is 244 g/mol. The van der Waals surface area contributed by atoms with Crippen molar-refractivity contribution in [3.05, 3.63) is 30.3 Å². The van der Waals surface area contributed by atoms with Crippen molar-refractivity contribution in [3.8, 4) is 0 Å². The normalized spacial score (nSPS) is 28.6. The van der Waals surface area contributed by atoms with Crippen LogP contribution < -0.4 is 5.32 Å². The van der Waals surface area contributed by atoms with Crippen molar-refractivity contribution < 1.29 is 0 Å². The lowest BCUT2D eigenvalue weighted by molar-refractivity contribution is 0.0353. The molecule has 1 N–H and O–H groups in total. The first-order chi connectivity index (χ1) is 9.84. The van der Waals surface area contributed by atoms with Gasteiger partial charge in [0.1, 0.15) is 0 Å². The van der Waals surface area contributed by atoms with Crippen LogP contribution in [-0.2, 0) is 0 Å². The number of fused-ring (bicyclic) bond motifs is 1. The molecule has 1 aromatic rings. The van der Waals surface area contributed by atoms with Crippen molar-refractivity contribution in [2.75, 3.05) is 18.4 Å². The molecular formula is C18H28N2. The smallest absolute Gasteiger partial charge is 0.0340 e.